The third-order valence-corrected chi connectivity index (χ3v) is 3.03. The van der Waals surface area contributed by atoms with E-state index in [1.807, 2.05) is 16.9 Å². The van der Waals surface area contributed by atoms with Crippen LogP contribution in [0.15, 0.2) is 24.8 Å². The lowest BCUT2D eigenvalue weighted by Crippen LogP contribution is -2.21. The molecular formula is C13H19N5. The molecule has 2 aromatic rings. The van der Waals surface area contributed by atoms with Gasteiger partial charge in [0, 0.05) is 18.4 Å². The Morgan fingerprint density at radius 3 is 2.83 bits per heavy atom. The van der Waals surface area contributed by atoms with Gasteiger partial charge in [-0.25, -0.2) is 9.67 Å². The van der Waals surface area contributed by atoms with Crippen molar-refractivity contribution >= 4 is 0 Å². The van der Waals surface area contributed by atoms with E-state index in [1.165, 1.54) is 0 Å². The molecule has 0 bridgehead atoms. The Hall–Kier alpha value is -1.75. The topological polar surface area (TPSA) is 69.6 Å². The molecule has 2 heterocycles. The first-order valence-corrected chi connectivity index (χ1v) is 6.22. The molecule has 5 heteroatoms. The molecule has 0 radical (unpaired) electrons. The number of hydrogen-bond acceptors (Lipinski definition) is 4. The fourth-order valence-corrected chi connectivity index (χ4v) is 2.06. The van der Waals surface area contributed by atoms with Gasteiger partial charge in [-0.1, -0.05) is 6.92 Å². The summed E-state index contributed by atoms with van der Waals surface area (Å²) < 4.78 is 1.87. The number of aromatic nitrogens is 4. The second-order valence-corrected chi connectivity index (χ2v) is 4.56. The summed E-state index contributed by atoms with van der Waals surface area (Å²) >= 11 is 0. The largest absolute Gasteiger partial charge is 0.318 e. The van der Waals surface area contributed by atoms with E-state index in [4.69, 9.17) is 5.73 Å². The number of aryl methyl sites for hydroxylation is 1. The Labute approximate surface area is 107 Å². The number of nitrogens with zero attached hydrogens (tertiary/aromatic N) is 4. The standard InChI is InChI=1S/C13H19N5/c1-4-10-7-15-6-5-11(10)12(14)13-16-8-17-18(13)9(2)3/h5-9,12H,4,14H2,1-3H3. The highest BCUT2D eigenvalue weighted by Crippen LogP contribution is 2.22. The van der Waals surface area contributed by atoms with E-state index >= 15 is 0 Å². The van der Waals surface area contributed by atoms with E-state index in [0.717, 1.165) is 23.4 Å². The van der Waals surface area contributed by atoms with Crippen LogP contribution in [0.5, 0.6) is 0 Å². The van der Waals surface area contributed by atoms with Crippen LogP contribution in [-0.2, 0) is 6.42 Å². The molecule has 0 saturated carbocycles. The van der Waals surface area contributed by atoms with Gasteiger partial charge >= 0.3 is 0 Å². The second-order valence-electron chi connectivity index (χ2n) is 4.56. The van der Waals surface area contributed by atoms with Gasteiger partial charge in [-0.3, -0.25) is 4.98 Å². The van der Waals surface area contributed by atoms with Crippen molar-refractivity contribution < 1.29 is 0 Å². The van der Waals surface area contributed by atoms with Crippen LogP contribution in [-0.4, -0.2) is 19.7 Å². The zero-order chi connectivity index (χ0) is 13.1. The smallest absolute Gasteiger partial charge is 0.148 e. The first-order chi connectivity index (χ1) is 8.65. The van der Waals surface area contributed by atoms with Crippen molar-refractivity contribution in [2.45, 2.75) is 39.3 Å². The van der Waals surface area contributed by atoms with Crippen LogP contribution >= 0.6 is 0 Å². The van der Waals surface area contributed by atoms with Gasteiger partial charge in [-0.2, -0.15) is 5.10 Å². The number of pyridine rings is 1. The average molecular weight is 245 g/mol. The summed E-state index contributed by atoms with van der Waals surface area (Å²) in [7, 11) is 0. The van der Waals surface area contributed by atoms with Crippen LogP contribution < -0.4 is 5.73 Å². The highest BCUT2D eigenvalue weighted by Gasteiger charge is 2.19. The van der Waals surface area contributed by atoms with E-state index in [9.17, 15) is 0 Å². The van der Waals surface area contributed by atoms with Crippen molar-refractivity contribution in [2.24, 2.45) is 5.73 Å². The summed E-state index contributed by atoms with van der Waals surface area (Å²) in [5.41, 5.74) is 8.55. The summed E-state index contributed by atoms with van der Waals surface area (Å²) in [5.74, 6) is 0.797. The van der Waals surface area contributed by atoms with Crippen molar-refractivity contribution in [3.05, 3.63) is 41.7 Å². The SMILES string of the molecule is CCc1cnccc1C(N)c1ncnn1C(C)C. The van der Waals surface area contributed by atoms with E-state index in [0.29, 0.717) is 0 Å². The van der Waals surface area contributed by atoms with Gasteiger partial charge in [-0.15, -0.1) is 0 Å². The molecule has 5 nitrogen and oxygen atoms in total. The molecule has 0 saturated heterocycles. The van der Waals surface area contributed by atoms with Gasteiger partial charge in [0.15, 0.2) is 0 Å². The van der Waals surface area contributed by atoms with E-state index < -0.39 is 0 Å². The molecule has 1 unspecified atom stereocenters. The molecule has 2 rings (SSSR count). The van der Waals surface area contributed by atoms with Gasteiger partial charge in [0.2, 0.25) is 0 Å². The first kappa shape index (κ1) is 12.7. The van der Waals surface area contributed by atoms with Gasteiger partial charge in [0.1, 0.15) is 12.2 Å². The predicted octanol–water partition coefficient (Wildman–Crippen LogP) is 1.86. The van der Waals surface area contributed by atoms with Crippen LogP contribution in [0.3, 0.4) is 0 Å². The molecule has 0 amide bonds. The fraction of sp³-hybridized carbons (Fsp3) is 0.462. The molecule has 0 aliphatic heterocycles. The Kier molecular flexibility index (Phi) is 3.72. The fourth-order valence-electron chi connectivity index (χ4n) is 2.06. The maximum Gasteiger partial charge on any atom is 0.148 e. The molecule has 0 aliphatic rings. The van der Waals surface area contributed by atoms with Crippen LogP contribution in [0.1, 0.15) is 49.8 Å². The zero-order valence-electron chi connectivity index (χ0n) is 11.0. The highest BCUT2D eigenvalue weighted by molar-refractivity contribution is 5.30. The lowest BCUT2D eigenvalue weighted by Gasteiger charge is -2.17. The van der Waals surface area contributed by atoms with Gasteiger partial charge in [-0.05, 0) is 37.5 Å². The number of rotatable bonds is 4. The third-order valence-electron chi connectivity index (χ3n) is 3.03. The minimum absolute atomic E-state index is 0.250. The Bertz CT molecular complexity index is 518. The molecule has 18 heavy (non-hydrogen) atoms. The minimum atomic E-state index is -0.257. The average Bonchev–Trinajstić information content (AvgIpc) is 2.87. The van der Waals surface area contributed by atoms with Crippen molar-refractivity contribution in [1.29, 1.82) is 0 Å². The second kappa shape index (κ2) is 5.27. The molecule has 96 valence electrons. The lowest BCUT2D eigenvalue weighted by molar-refractivity contribution is 0.493. The lowest BCUT2D eigenvalue weighted by atomic mass is 10.0. The molecule has 0 aromatic carbocycles. The number of hydrogen-bond donors (Lipinski definition) is 1. The van der Waals surface area contributed by atoms with Crippen molar-refractivity contribution in [1.82, 2.24) is 19.7 Å². The van der Waals surface area contributed by atoms with Crippen molar-refractivity contribution in [3.63, 3.8) is 0 Å². The quantitative estimate of drug-likeness (QED) is 0.892. The van der Waals surface area contributed by atoms with Crippen LogP contribution in [0.4, 0.5) is 0 Å². The van der Waals surface area contributed by atoms with Crippen molar-refractivity contribution in [2.75, 3.05) is 0 Å². The number of nitrogens with two attached hydrogens (primary N) is 1. The summed E-state index contributed by atoms with van der Waals surface area (Å²) in [5, 5.41) is 4.23. The minimum Gasteiger partial charge on any atom is -0.318 e. The third kappa shape index (κ3) is 2.26. The van der Waals surface area contributed by atoms with Crippen LogP contribution in [0.2, 0.25) is 0 Å². The highest BCUT2D eigenvalue weighted by atomic mass is 15.4. The maximum absolute atomic E-state index is 6.32. The van der Waals surface area contributed by atoms with Crippen LogP contribution in [0.25, 0.3) is 0 Å². The van der Waals surface area contributed by atoms with Gasteiger partial charge in [0.05, 0.1) is 6.04 Å². The molecule has 0 spiro atoms. The molecule has 0 aliphatic carbocycles. The van der Waals surface area contributed by atoms with Gasteiger partial charge < -0.3 is 5.73 Å². The Morgan fingerprint density at radius 1 is 1.39 bits per heavy atom. The monoisotopic (exact) mass is 245 g/mol. The summed E-state index contributed by atoms with van der Waals surface area (Å²) in [4.78, 5) is 8.43. The van der Waals surface area contributed by atoms with E-state index in [2.05, 4.69) is 35.8 Å². The Balaban J connectivity index is 2.41. The first-order valence-electron chi connectivity index (χ1n) is 6.22. The summed E-state index contributed by atoms with van der Waals surface area (Å²) in [6.45, 7) is 6.23. The Morgan fingerprint density at radius 2 is 2.17 bits per heavy atom. The molecule has 2 N–H and O–H groups in total. The van der Waals surface area contributed by atoms with E-state index in [-0.39, 0.29) is 12.1 Å². The van der Waals surface area contributed by atoms with Crippen LogP contribution in [0, 0.1) is 0 Å². The van der Waals surface area contributed by atoms with Crippen molar-refractivity contribution in [3.8, 4) is 0 Å². The molecular weight excluding hydrogens is 226 g/mol. The molecule has 2 aromatic heterocycles. The molecule has 1 atom stereocenters. The maximum atomic E-state index is 6.32. The zero-order valence-corrected chi connectivity index (χ0v) is 11.0. The van der Waals surface area contributed by atoms with E-state index in [1.54, 1.807) is 12.5 Å². The predicted molar refractivity (Wildman–Crippen MR) is 70.1 cm³/mol. The van der Waals surface area contributed by atoms with Gasteiger partial charge in [0.25, 0.3) is 0 Å². The molecule has 0 fully saturated rings. The normalized spacial score (nSPS) is 12.9. The summed E-state index contributed by atoms with van der Waals surface area (Å²) in [6.07, 6.45) is 6.10. The summed E-state index contributed by atoms with van der Waals surface area (Å²) in [6, 6.07) is 1.95.